The fraction of sp³-hybridized carbons (Fsp3) is 0.0625. The van der Waals surface area contributed by atoms with Crippen LogP contribution in [0.3, 0.4) is 0 Å². The van der Waals surface area contributed by atoms with E-state index in [2.05, 4.69) is 90.2 Å². The average molecular weight is 471 g/mol. The molecule has 0 aliphatic heterocycles. The van der Waals surface area contributed by atoms with Crippen molar-refractivity contribution < 1.29 is 0 Å². The van der Waals surface area contributed by atoms with Crippen molar-refractivity contribution >= 4 is 17.1 Å². The lowest BCUT2D eigenvalue weighted by molar-refractivity contribution is 1.07. The number of nitrogens with one attached hydrogen (secondary N) is 1. The molecule has 36 heavy (non-hydrogen) atoms. The summed E-state index contributed by atoms with van der Waals surface area (Å²) in [6.45, 7) is 1.02. The molecule has 7 N–H and O–H groups in total. The van der Waals surface area contributed by atoms with Gasteiger partial charge in [0, 0.05) is 35.7 Å². The molecule has 4 nitrogen and oxygen atoms in total. The highest BCUT2D eigenvalue weighted by atomic mass is 14.9. The Morgan fingerprint density at radius 1 is 0.500 bits per heavy atom. The van der Waals surface area contributed by atoms with Crippen molar-refractivity contribution in [2.24, 2.45) is 11.5 Å². The standard InChI is InChI=1S/C32H30N4/c33-20-22-6-10-25(11-7-22)31-29(24-14-16-27(35)17-15-24)18-19-30(36-28-4-2-1-3-5-28)32(31)26-12-8-23(21-34)9-13-26/h1-19,36H,20-21,33-35H2. The Morgan fingerprint density at radius 3 is 1.58 bits per heavy atom. The van der Waals surface area contributed by atoms with Gasteiger partial charge in [0.05, 0.1) is 0 Å². The molecule has 5 aromatic rings. The van der Waals surface area contributed by atoms with Crippen molar-refractivity contribution in [3.05, 3.63) is 126 Å². The van der Waals surface area contributed by atoms with Gasteiger partial charge in [-0.15, -0.1) is 0 Å². The van der Waals surface area contributed by atoms with Crippen LogP contribution < -0.4 is 22.5 Å². The van der Waals surface area contributed by atoms with E-state index >= 15 is 0 Å². The number of hydrogen-bond donors (Lipinski definition) is 4. The lowest BCUT2D eigenvalue weighted by atomic mass is 9.86. The molecule has 0 spiro atoms. The summed E-state index contributed by atoms with van der Waals surface area (Å²) in [6, 6.07) is 39.6. The number of nitrogens with two attached hydrogens (primary N) is 3. The van der Waals surface area contributed by atoms with Gasteiger partial charge in [0.2, 0.25) is 0 Å². The fourth-order valence-electron chi connectivity index (χ4n) is 4.50. The summed E-state index contributed by atoms with van der Waals surface area (Å²) in [7, 11) is 0. The molecule has 178 valence electrons. The van der Waals surface area contributed by atoms with Crippen molar-refractivity contribution in [3.8, 4) is 33.4 Å². The molecule has 0 saturated heterocycles. The summed E-state index contributed by atoms with van der Waals surface area (Å²) in [5, 5.41) is 3.66. The van der Waals surface area contributed by atoms with Crippen LogP contribution in [0.5, 0.6) is 0 Å². The minimum Gasteiger partial charge on any atom is -0.399 e. The van der Waals surface area contributed by atoms with Gasteiger partial charge in [0.15, 0.2) is 0 Å². The Bertz CT molecular complexity index is 1440. The molecular weight excluding hydrogens is 440 g/mol. The molecule has 0 unspecified atom stereocenters. The van der Waals surface area contributed by atoms with Crippen LogP contribution in [0.4, 0.5) is 17.1 Å². The van der Waals surface area contributed by atoms with Crippen LogP contribution >= 0.6 is 0 Å². The lowest BCUT2D eigenvalue weighted by Crippen LogP contribution is -2.00. The molecule has 0 fully saturated rings. The third-order valence-corrected chi connectivity index (χ3v) is 6.44. The monoisotopic (exact) mass is 470 g/mol. The highest BCUT2D eigenvalue weighted by molar-refractivity contribution is 6.01. The van der Waals surface area contributed by atoms with E-state index in [0.717, 1.165) is 61.6 Å². The molecule has 0 heterocycles. The topological polar surface area (TPSA) is 90.1 Å². The van der Waals surface area contributed by atoms with E-state index in [0.29, 0.717) is 13.1 Å². The van der Waals surface area contributed by atoms with Crippen molar-refractivity contribution in [2.75, 3.05) is 11.1 Å². The molecule has 0 aliphatic rings. The number of nitrogen functional groups attached to an aromatic ring is 1. The number of para-hydroxylation sites is 1. The van der Waals surface area contributed by atoms with Crippen LogP contribution in [0.25, 0.3) is 33.4 Å². The first-order valence-electron chi connectivity index (χ1n) is 12.1. The Kier molecular flexibility index (Phi) is 6.80. The maximum absolute atomic E-state index is 6.01. The largest absolute Gasteiger partial charge is 0.399 e. The van der Waals surface area contributed by atoms with Gasteiger partial charge in [-0.1, -0.05) is 84.9 Å². The van der Waals surface area contributed by atoms with Gasteiger partial charge in [-0.2, -0.15) is 0 Å². The second kappa shape index (κ2) is 10.5. The van der Waals surface area contributed by atoms with Gasteiger partial charge in [0.25, 0.3) is 0 Å². The fourth-order valence-corrected chi connectivity index (χ4v) is 4.50. The molecule has 0 atom stereocenters. The van der Waals surface area contributed by atoms with Crippen LogP contribution in [-0.4, -0.2) is 0 Å². The van der Waals surface area contributed by atoms with E-state index in [1.54, 1.807) is 0 Å². The van der Waals surface area contributed by atoms with E-state index in [1.165, 1.54) is 0 Å². The molecule has 5 aromatic carbocycles. The van der Waals surface area contributed by atoms with E-state index in [-0.39, 0.29) is 0 Å². The van der Waals surface area contributed by atoms with Gasteiger partial charge < -0.3 is 22.5 Å². The number of rotatable bonds is 7. The highest BCUT2D eigenvalue weighted by Gasteiger charge is 2.19. The Balaban J connectivity index is 1.80. The zero-order valence-corrected chi connectivity index (χ0v) is 20.1. The SMILES string of the molecule is NCc1ccc(-c2c(Nc3ccccc3)ccc(-c3ccc(N)cc3)c2-c2ccc(CN)cc2)cc1. The zero-order chi connectivity index (χ0) is 24.9. The summed E-state index contributed by atoms with van der Waals surface area (Å²) in [6.07, 6.45) is 0. The summed E-state index contributed by atoms with van der Waals surface area (Å²) in [4.78, 5) is 0. The predicted octanol–water partition coefficient (Wildman–Crippen LogP) is 6.93. The first kappa shape index (κ1) is 23.4. The second-order valence-electron chi connectivity index (χ2n) is 8.83. The lowest BCUT2D eigenvalue weighted by Gasteiger charge is -2.21. The molecule has 5 rings (SSSR count). The zero-order valence-electron chi connectivity index (χ0n) is 20.1. The molecule has 0 radical (unpaired) electrons. The van der Waals surface area contributed by atoms with Crippen molar-refractivity contribution in [2.45, 2.75) is 13.1 Å². The first-order valence-corrected chi connectivity index (χ1v) is 12.1. The van der Waals surface area contributed by atoms with Gasteiger partial charge in [-0.05, 0) is 69.3 Å². The molecular formula is C32H30N4. The van der Waals surface area contributed by atoms with E-state index in [4.69, 9.17) is 17.2 Å². The van der Waals surface area contributed by atoms with Crippen LogP contribution in [0.1, 0.15) is 11.1 Å². The van der Waals surface area contributed by atoms with Crippen LogP contribution in [-0.2, 0) is 13.1 Å². The Hall–Kier alpha value is -4.38. The van der Waals surface area contributed by atoms with Crippen molar-refractivity contribution in [1.29, 1.82) is 0 Å². The predicted molar refractivity (Wildman–Crippen MR) is 153 cm³/mol. The molecule has 0 aromatic heterocycles. The third-order valence-electron chi connectivity index (χ3n) is 6.44. The number of anilines is 3. The van der Waals surface area contributed by atoms with Crippen LogP contribution in [0, 0.1) is 0 Å². The van der Waals surface area contributed by atoms with E-state index in [9.17, 15) is 0 Å². The third kappa shape index (κ3) is 4.86. The van der Waals surface area contributed by atoms with Gasteiger partial charge in [-0.25, -0.2) is 0 Å². The van der Waals surface area contributed by atoms with Crippen molar-refractivity contribution in [1.82, 2.24) is 0 Å². The molecule has 0 bridgehead atoms. The quantitative estimate of drug-likeness (QED) is 0.194. The van der Waals surface area contributed by atoms with Gasteiger partial charge >= 0.3 is 0 Å². The maximum Gasteiger partial charge on any atom is 0.0470 e. The van der Waals surface area contributed by atoms with E-state index < -0.39 is 0 Å². The molecule has 0 aliphatic carbocycles. The van der Waals surface area contributed by atoms with E-state index in [1.807, 2.05) is 30.3 Å². The second-order valence-corrected chi connectivity index (χ2v) is 8.83. The minimum absolute atomic E-state index is 0.508. The normalized spacial score (nSPS) is 10.8. The molecule has 0 saturated carbocycles. The smallest absolute Gasteiger partial charge is 0.0470 e. The number of hydrogen-bond acceptors (Lipinski definition) is 4. The first-order chi connectivity index (χ1) is 17.7. The summed E-state index contributed by atoms with van der Waals surface area (Å²) < 4.78 is 0. The highest BCUT2D eigenvalue weighted by Crippen LogP contribution is 2.45. The average Bonchev–Trinajstić information content (AvgIpc) is 2.94. The molecule has 0 amide bonds. The van der Waals surface area contributed by atoms with Gasteiger partial charge in [0.1, 0.15) is 0 Å². The summed E-state index contributed by atoms with van der Waals surface area (Å²) in [5.41, 5.74) is 29.5. The minimum atomic E-state index is 0.508. The number of benzene rings is 5. The summed E-state index contributed by atoms with van der Waals surface area (Å²) in [5.74, 6) is 0. The molecule has 4 heteroatoms. The van der Waals surface area contributed by atoms with Crippen molar-refractivity contribution in [3.63, 3.8) is 0 Å². The maximum atomic E-state index is 6.01. The van der Waals surface area contributed by atoms with Gasteiger partial charge in [-0.3, -0.25) is 0 Å². The van der Waals surface area contributed by atoms with Crippen LogP contribution in [0.2, 0.25) is 0 Å². The van der Waals surface area contributed by atoms with Crippen LogP contribution in [0.15, 0.2) is 115 Å². The summed E-state index contributed by atoms with van der Waals surface area (Å²) >= 11 is 0. The Labute approximate surface area is 212 Å². The Morgan fingerprint density at radius 2 is 1.03 bits per heavy atom.